The van der Waals surface area contributed by atoms with Gasteiger partial charge < -0.3 is 15.4 Å². The van der Waals surface area contributed by atoms with Crippen LogP contribution in [0.1, 0.15) is 11.1 Å². The van der Waals surface area contributed by atoms with Gasteiger partial charge in [0.2, 0.25) is 5.91 Å². The lowest BCUT2D eigenvalue weighted by atomic mass is 10.1. The summed E-state index contributed by atoms with van der Waals surface area (Å²) in [6.07, 6.45) is 0.751. The molecule has 2 N–H and O–H groups in total. The predicted octanol–water partition coefficient (Wildman–Crippen LogP) is 2.28. The molecule has 2 rings (SSSR count). The molecule has 23 heavy (non-hydrogen) atoms. The molecule has 0 heterocycles. The lowest BCUT2D eigenvalue weighted by molar-refractivity contribution is -0.120. The first-order valence-corrected chi connectivity index (χ1v) is 7.52. The standard InChI is InChI=1S/C18H21FN2O2/c1-23-17-4-2-3-14(11-17)9-10-21-18(22)13-20-12-15-5-7-16(19)8-6-15/h2-8,11,20H,9-10,12-13H2,1H3,(H,21,22). The number of halogens is 1. The van der Waals surface area contributed by atoms with Gasteiger partial charge in [0.1, 0.15) is 11.6 Å². The maximum atomic E-state index is 12.8. The third kappa shape index (κ3) is 6.08. The van der Waals surface area contributed by atoms with Gasteiger partial charge in [-0.15, -0.1) is 0 Å². The molecule has 0 spiro atoms. The van der Waals surface area contributed by atoms with E-state index in [0.717, 1.165) is 23.3 Å². The van der Waals surface area contributed by atoms with E-state index in [1.165, 1.54) is 12.1 Å². The van der Waals surface area contributed by atoms with Crippen LogP contribution in [0, 0.1) is 5.82 Å². The second-order valence-electron chi connectivity index (χ2n) is 5.18. The van der Waals surface area contributed by atoms with E-state index >= 15 is 0 Å². The first-order chi connectivity index (χ1) is 11.2. The van der Waals surface area contributed by atoms with Crippen LogP contribution < -0.4 is 15.4 Å². The average molecular weight is 316 g/mol. The average Bonchev–Trinajstić information content (AvgIpc) is 2.57. The zero-order valence-corrected chi connectivity index (χ0v) is 13.1. The molecular formula is C18H21FN2O2. The van der Waals surface area contributed by atoms with E-state index in [9.17, 15) is 9.18 Å². The molecule has 4 nitrogen and oxygen atoms in total. The van der Waals surface area contributed by atoms with Gasteiger partial charge in [-0.05, 0) is 41.8 Å². The van der Waals surface area contributed by atoms with E-state index in [1.807, 2.05) is 24.3 Å². The first-order valence-electron chi connectivity index (χ1n) is 7.52. The summed E-state index contributed by atoms with van der Waals surface area (Å²) in [5.74, 6) is 0.494. The fourth-order valence-corrected chi connectivity index (χ4v) is 2.16. The smallest absolute Gasteiger partial charge is 0.233 e. The Morgan fingerprint density at radius 2 is 1.91 bits per heavy atom. The summed E-state index contributed by atoms with van der Waals surface area (Å²) < 4.78 is 17.9. The largest absolute Gasteiger partial charge is 0.497 e. The number of benzene rings is 2. The summed E-state index contributed by atoms with van der Waals surface area (Å²) in [7, 11) is 1.63. The van der Waals surface area contributed by atoms with Crippen LogP contribution in [0.3, 0.4) is 0 Å². The summed E-state index contributed by atoms with van der Waals surface area (Å²) in [6, 6.07) is 14.0. The predicted molar refractivity (Wildman–Crippen MR) is 87.8 cm³/mol. The van der Waals surface area contributed by atoms with Gasteiger partial charge in [0.05, 0.1) is 13.7 Å². The van der Waals surface area contributed by atoms with E-state index < -0.39 is 0 Å². The summed E-state index contributed by atoms with van der Waals surface area (Å²) in [6.45, 7) is 1.34. The van der Waals surface area contributed by atoms with Crippen molar-refractivity contribution < 1.29 is 13.9 Å². The Kier molecular flexibility index (Phi) is 6.56. The van der Waals surface area contributed by atoms with E-state index in [2.05, 4.69) is 10.6 Å². The van der Waals surface area contributed by atoms with E-state index in [-0.39, 0.29) is 18.3 Å². The molecule has 2 aromatic carbocycles. The number of amides is 1. The second kappa shape index (κ2) is 8.90. The normalized spacial score (nSPS) is 10.3. The number of carbonyl (C=O) groups excluding carboxylic acids is 1. The Bertz CT molecular complexity index is 629. The number of methoxy groups -OCH3 is 1. The van der Waals surface area contributed by atoms with Gasteiger partial charge in [0.15, 0.2) is 0 Å². The molecular weight excluding hydrogens is 295 g/mol. The SMILES string of the molecule is COc1cccc(CCNC(=O)CNCc2ccc(F)cc2)c1. The van der Waals surface area contributed by atoms with Crippen molar-refractivity contribution in [3.05, 3.63) is 65.5 Å². The van der Waals surface area contributed by atoms with Gasteiger partial charge in [-0.2, -0.15) is 0 Å². The minimum Gasteiger partial charge on any atom is -0.497 e. The van der Waals surface area contributed by atoms with Crippen LogP contribution in [-0.2, 0) is 17.8 Å². The van der Waals surface area contributed by atoms with Crippen molar-refractivity contribution in [2.24, 2.45) is 0 Å². The van der Waals surface area contributed by atoms with Crippen LogP contribution in [-0.4, -0.2) is 26.1 Å². The van der Waals surface area contributed by atoms with Crippen molar-refractivity contribution in [2.45, 2.75) is 13.0 Å². The number of ether oxygens (including phenoxy) is 1. The number of hydrogen-bond donors (Lipinski definition) is 2. The number of rotatable bonds is 8. The van der Waals surface area contributed by atoms with Crippen molar-refractivity contribution in [3.8, 4) is 5.75 Å². The molecule has 0 aliphatic rings. The van der Waals surface area contributed by atoms with Gasteiger partial charge in [-0.1, -0.05) is 24.3 Å². The van der Waals surface area contributed by atoms with Crippen LogP contribution in [0.25, 0.3) is 0 Å². The van der Waals surface area contributed by atoms with Crippen LogP contribution in [0.2, 0.25) is 0 Å². The third-order valence-electron chi connectivity index (χ3n) is 3.40. The Labute approximate surface area is 135 Å². The second-order valence-corrected chi connectivity index (χ2v) is 5.18. The number of nitrogens with one attached hydrogen (secondary N) is 2. The highest BCUT2D eigenvalue weighted by atomic mass is 19.1. The molecule has 0 saturated heterocycles. The van der Waals surface area contributed by atoms with E-state index in [0.29, 0.717) is 13.1 Å². The van der Waals surface area contributed by atoms with Gasteiger partial charge >= 0.3 is 0 Å². The van der Waals surface area contributed by atoms with Gasteiger partial charge in [0.25, 0.3) is 0 Å². The fraction of sp³-hybridized carbons (Fsp3) is 0.278. The molecule has 0 aromatic heterocycles. The van der Waals surface area contributed by atoms with Crippen LogP contribution in [0.5, 0.6) is 5.75 Å². The maximum Gasteiger partial charge on any atom is 0.233 e. The highest BCUT2D eigenvalue weighted by Crippen LogP contribution is 2.12. The summed E-state index contributed by atoms with van der Waals surface area (Å²) in [5, 5.41) is 5.90. The first kappa shape index (κ1) is 17.0. The molecule has 1 amide bonds. The molecule has 0 saturated carbocycles. The lowest BCUT2D eigenvalue weighted by Crippen LogP contribution is -2.34. The number of hydrogen-bond acceptors (Lipinski definition) is 3. The third-order valence-corrected chi connectivity index (χ3v) is 3.40. The molecule has 122 valence electrons. The van der Waals surface area contributed by atoms with Gasteiger partial charge in [0, 0.05) is 13.1 Å². The zero-order chi connectivity index (χ0) is 16.5. The molecule has 0 radical (unpaired) electrons. The highest BCUT2D eigenvalue weighted by Gasteiger charge is 2.02. The zero-order valence-electron chi connectivity index (χ0n) is 13.1. The number of carbonyl (C=O) groups is 1. The Morgan fingerprint density at radius 3 is 2.65 bits per heavy atom. The van der Waals surface area contributed by atoms with Crippen molar-refractivity contribution in [2.75, 3.05) is 20.2 Å². The monoisotopic (exact) mass is 316 g/mol. The van der Waals surface area contributed by atoms with Crippen LogP contribution in [0.15, 0.2) is 48.5 Å². The van der Waals surface area contributed by atoms with Crippen molar-refractivity contribution >= 4 is 5.91 Å². The molecule has 2 aromatic rings. The summed E-state index contributed by atoms with van der Waals surface area (Å²) in [4.78, 5) is 11.7. The quantitative estimate of drug-likeness (QED) is 0.785. The van der Waals surface area contributed by atoms with Crippen molar-refractivity contribution in [1.82, 2.24) is 10.6 Å². The Balaban J connectivity index is 1.64. The molecule has 0 aliphatic heterocycles. The van der Waals surface area contributed by atoms with Crippen molar-refractivity contribution in [1.29, 1.82) is 0 Å². The topological polar surface area (TPSA) is 50.4 Å². The fourth-order valence-electron chi connectivity index (χ4n) is 2.16. The molecule has 0 fully saturated rings. The van der Waals surface area contributed by atoms with Crippen LogP contribution >= 0.6 is 0 Å². The Hall–Kier alpha value is -2.40. The van der Waals surface area contributed by atoms with E-state index in [1.54, 1.807) is 19.2 Å². The molecule has 0 aliphatic carbocycles. The molecule has 0 atom stereocenters. The molecule has 5 heteroatoms. The van der Waals surface area contributed by atoms with Gasteiger partial charge in [-0.3, -0.25) is 4.79 Å². The Morgan fingerprint density at radius 1 is 1.13 bits per heavy atom. The highest BCUT2D eigenvalue weighted by molar-refractivity contribution is 5.77. The minimum atomic E-state index is -0.260. The minimum absolute atomic E-state index is 0.0602. The lowest BCUT2D eigenvalue weighted by Gasteiger charge is -2.08. The summed E-state index contributed by atoms with van der Waals surface area (Å²) >= 11 is 0. The van der Waals surface area contributed by atoms with E-state index in [4.69, 9.17) is 4.74 Å². The summed E-state index contributed by atoms with van der Waals surface area (Å²) in [5.41, 5.74) is 2.06. The van der Waals surface area contributed by atoms with Gasteiger partial charge in [-0.25, -0.2) is 4.39 Å². The molecule has 0 unspecified atom stereocenters. The van der Waals surface area contributed by atoms with Crippen LogP contribution in [0.4, 0.5) is 4.39 Å². The molecule has 0 bridgehead atoms. The van der Waals surface area contributed by atoms with Crippen molar-refractivity contribution in [3.63, 3.8) is 0 Å². The maximum absolute atomic E-state index is 12.8.